The standard InChI is InChI=1S/C5H12O2S/c1-4(8)5(2,7)3-6/h4,6-8H,3H2,1-2H3. The first-order valence-electron chi connectivity index (χ1n) is 2.52. The summed E-state index contributed by atoms with van der Waals surface area (Å²) in [5, 5.41) is 17.4. The Hall–Kier alpha value is 0.270. The lowest BCUT2D eigenvalue weighted by atomic mass is 10.1. The smallest absolute Gasteiger partial charge is 0.0961 e. The van der Waals surface area contributed by atoms with Crippen LogP contribution in [-0.2, 0) is 0 Å². The Kier molecular flexibility index (Phi) is 2.80. The number of aliphatic hydroxyl groups is 2. The van der Waals surface area contributed by atoms with Crippen molar-refractivity contribution in [2.75, 3.05) is 6.61 Å². The fourth-order valence-corrected chi connectivity index (χ4v) is 0.214. The van der Waals surface area contributed by atoms with Gasteiger partial charge in [-0.1, -0.05) is 6.92 Å². The topological polar surface area (TPSA) is 40.5 Å². The molecule has 3 heteroatoms. The van der Waals surface area contributed by atoms with Gasteiger partial charge in [0.15, 0.2) is 0 Å². The lowest BCUT2D eigenvalue weighted by molar-refractivity contribution is 0.00419. The fraction of sp³-hybridized carbons (Fsp3) is 1.00. The van der Waals surface area contributed by atoms with E-state index in [4.69, 9.17) is 10.2 Å². The Labute approximate surface area is 54.9 Å². The normalized spacial score (nSPS) is 22.1. The zero-order valence-electron chi connectivity index (χ0n) is 5.13. The molecular weight excluding hydrogens is 124 g/mol. The molecule has 0 spiro atoms. The van der Waals surface area contributed by atoms with Crippen molar-refractivity contribution in [3.05, 3.63) is 0 Å². The molecule has 0 radical (unpaired) electrons. The molecule has 0 aromatic heterocycles. The van der Waals surface area contributed by atoms with Gasteiger partial charge in [-0.15, -0.1) is 0 Å². The highest BCUT2D eigenvalue weighted by Crippen LogP contribution is 2.12. The molecule has 0 amide bonds. The Morgan fingerprint density at radius 1 is 1.75 bits per heavy atom. The van der Waals surface area contributed by atoms with Crippen LogP contribution in [0.1, 0.15) is 13.8 Å². The predicted molar refractivity (Wildman–Crippen MR) is 36.2 cm³/mol. The third kappa shape index (κ3) is 2.03. The van der Waals surface area contributed by atoms with Gasteiger partial charge in [-0.25, -0.2) is 0 Å². The maximum absolute atomic E-state index is 9.07. The first-order valence-corrected chi connectivity index (χ1v) is 3.03. The molecule has 0 aromatic rings. The average molecular weight is 136 g/mol. The van der Waals surface area contributed by atoms with Gasteiger partial charge in [0, 0.05) is 5.25 Å². The van der Waals surface area contributed by atoms with Crippen LogP contribution in [0.15, 0.2) is 0 Å². The van der Waals surface area contributed by atoms with Gasteiger partial charge in [-0.3, -0.25) is 0 Å². The first-order chi connectivity index (χ1) is 3.50. The molecular formula is C5H12O2S. The van der Waals surface area contributed by atoms with E-state index in [0.29, 0.717) is 0 Å². The molecule has 0 aromatic carbocycles. The summed E-state index contributed by atoms with van der Waals surface area (Å²) in [4.78, 5) is 0. The van der Waals surface area contributed by atoms with Crippen LogP contribution < -0.4 is 0 Å². The van der Waals surface area contributed by atoms with E-state index in [9.17, 15) is 0 Å². The van der Waals surface area contributed by atoms with Crippen molar-refractivity contribution in [3.63, 3.8) is 0 Å². The van der Waals surface area contributed by atoms with Gasteiger partial charge in [0.25, 0.3) is 0 Å². The van der Waals surface area contributed by atoms with E-state index in [1.165, 1.54) is 0 Å². The molecule has 8 heavy (non-hydrogen) atoms. The van der Waals surface area contributed by atoms with Gasteiger partial charge in [0.05, 0.1) is 12.2 Å². The van der Waals surface area contributed by atoms with Crippen LogP contribution in [0.2, 0.25) is 0 Å². The zero-order valence-corrected chi connectivity index (χ0v) is 6.02. The summed E-state index contributed by atoms with van der Waals surface area (Å²) in [6.07, 6.45) is 0. The quantitative estimate of drug-likeness (QED) is 0.469. The lowest BCUT2D eigenvalue weighted by Gasteiger charge is -2.23. The summed E-state index contributed by atoms with van der Waals surface area (Å²) in [5.74, 6) is 0. The number of aliphatic hydroxyl groups excluding tert-OH is 1. The lowest BCUT2D eigenvalue weighted by Crippen LogP contribution is -2.37. The second-order valence-corrected chi connectivity index (χ2v) is 2.97. The minimum atomic E-state index is -1.04. The molecule has 0 saturated heterocycles. The van der Waals surface area contributed by atoms with Gasteiger partial charge in [0.2, 0.25) is 0 Å². The third-order valence-corrected chi connectivity index (χ3v) is 1.78. The van der Waals surface area contributed by atoms with Crippen LogP contribution in [0.4, 0.5) is 0 Å². The molecule has 2 N–H and O–H groups in total. The summed E-state index contributed by atoms with van der Waals surface area (Å²) in [5.41, 5.74) is -1.04. The molecule has 0 rings (SSSR count). The minimum absolute atomic E-state index is 0.188. The zero-order chi connectivity index (χ0) is 6.78. The number of hydrogen-bond donors (Lipinski definition) is 3. The van der Waals surface area contributed by atoms with Crippen molar-refractivity contribution in [1.82, 2.24) is 0 Å². The summed E-state index contributed by atoms with van der Waals surface area (Å²) >= 11 is 3.95. The van der Waals surface area contributed by atoms with Gasteiger partial charge in [0.1, 0.15) is 0 Å². The second kappa shape index (κ2) is 2.71. The van der Waals surface area contributed by atoms with Crippen molar-refractivity contribution in [2.24, 2.45) is 0 Å². The average Bonchev–Trinajstić information content (AvgIpc) is 1.67. The van der Waals surface area contributed by atoms with Gasteiger partial charge >= 0.3 is 0 Å². The van der Waals surface area contributed by atoms with Crippen LogP contribution in [0.3, 0.4) is 0 Å². The highest BCUT2D eigenvalue weighted by molar-refractivity contribution is 7.81. The molecule has 50 valence electrons. The molecule has 2 unspecified atom stereocenters. The molecule has 0 saturated carbocycles. The Bertz CT molecular complexity index is 70.8. The van der Waals surface area contributed by atoms with Crippen LogP contribution in [0.5, 0.6) is 0 Å². The molecule has 0 bridgehead atoms. The monoisotopic (exact) mass is 136 g/mol. The Balaban J connectivity index is 3.71. The third-order valence-electron chi connectivity index (χ3n) is 1.22. The summed E-state index contributed by atoms with van der Waals surface area (Å²) in [6.45, 7) is 3.04. The van der Waals surface area contributed by atoms with E-state index in [1.54, 1.807) is 13.8 Å². The van der Waals surface area contributed by atoms with E-state index >= 15 is 0 Å². The van der Waals surface area contributed by atoms with Crippen LogP contribution in [0.25, 0.3) is 0 Å². The van der Waals surface area contributed by atoms with Gasteiger partial charge in [-0.05, 0) is 6.92 Å². The molecule has 2 nitrogen and oxygen atoms in total. The van der Waals surface area contributed by atoms with Crippen LogP contribution in [-0.4, -0.2) is 27.7 Å². The van der Waals surface area contributed by atoms with E-state index in [-0.39, 0.29) is 11.9 Å². The summed E-state index contributed by atoms with van der Waals surface area (Å²) in [6, 6.07) is 0. The van der Waals surface area contributed by atoms with E-state index in [2.05, 4.69) is 12.6 Å². The van der Waals surface area contributed by atoms with Crippen molar-refractivity contribution in [3.8, 4) is 0 Å². The van der Waals surface area contributed by atoms with Gasteiger partial charge < -0.3 is 10.2 Å². The van der Waals surface area contributed by atoms with Crippen molar-refractivity contribution in [2.45, 2.75) is 24.7 Å². The minimum Gasteiger partial charge on any atom is -0.393 e. The maximum atomic E-state index is 9.07. The van der Waals surface area contributed by atoms with Crippen LogP contribution >= 0.6 is 12.6 Å². The number of thiol groups is 1. The first kappa shape index (κ1) is 8.27. The predicted octanol–water partition coefficient (Wildman–Crippen LogP) is 0.0480. The molecule has 0 heterocycles. The number of hydrogen-bond acceptors (Lipinski definition) is 3. The van der Waals surface area contributed by atoms with E-state index in [1.807, 2.05) is 0 Å². The molecule has 2 atom stereocenters. The van der Waals surface area contributed by atoms with E-state index < -0.39 is 5.60 Å². The Morgan fingerprint density at radius 3 is 2.12 bits per heavy atom. The molecule has 0 aliphatic heterocycles. The fourth-order valence-electron chi connectivity index (χ4n) is 0.132. The van der Waals surface area contributed by atoms with Crippen molar-refractivity contribution in [1.29, 1.82) is 0 Å². The highest BCUT2D eigenvalue weighted by atomic mass is 32.1. The second-order valence-electron chi connectivity index (χ2n) is 2.19. The SMILES string of the molecule is CC(S)C(C)(O)CO. The largest absolute Gasteiger partial charge is 0.393 e. The molecule has 0 aliphatic carbocycles. The van der Waals surface area contributed by atoms with Crippen molar-refractivity contribution >= 4 is 12.6 Å². The Morgan fingerprint density at radius 2 is 2.12 bits per heavy atom. The van der Waals surface area contributed by atoms with Gasteiger partial charge in [-0.2, -0.15) is 12.6 Å². The maximum Gasteiger partial charge on any atom is 0.0961 e. The highest BCUT2D eigenvalue weighted by Gasteiger charge is 2.23. The summed E-state index contributed by atoms with van der Waals surface area (Å²) in [7, 11) is 0. The van der Waals surface area contributed by atoms with E-state index in [0.717, 1.165) is 0 Å². The summed E-state index contributed by atoms with van der Waals surface area (Å²) < 4.78 is 0. The number of rotatable bonds is 2. The molecule has 0 aliphatic rings. The van der Waals surface area contributed by atoms with Crippen LogP contribution in [0, 0.1) is 0 Å². The van der Waals surface area contributed by atoms with Crippen molar-refractivity contribution < 1.29 is 10.2 Å². The molecule has 0 fully saturated rings.